The number of hydrogen-bond donors (Lipinski definition) is 0. The van der Waals surface area contributed by atoms with Crippen LogP contribution in [-0.2, 0) is 19.1 Å². The van der Waals surface area contributed by atoms with Crippen LogP contribution in [0.4, 0.5) is 0 Å². The third kappa shape index (κ3) is 3.97. The van der Waals surface area contributed by atoms with Crippen LogP contribution in [0.3, 0.4) is 0 Å². The van der Waals surface area contributed by atoms with Crippen molar-refractivity contribution in [1.29, 1.82) is 0 Å². The molecule has 33 heavy (non-hydrogen) atoms. The summed E-state index contributed by atoms with van der Waals surface area (Å²) in [6, 6.07) is 0. The summed E-state index contributed by atoms with van der Waals surface area (Å²) in [5, 5.41) is 0. The summed E-state index contributed by atoms with van der Waals surface area (Å²) < 4.78 is 11.5. The predicted octanol–water partition coefficient (Wildman–Crippen LogP) is 6.58. The van der Waals surface area contributed by atoms with Gasteiger partial charge in [-0.3, -0.25) is 4.79 Å². The fraction of sp³-hybridized carbons (Fsp3) is 0.862. The third-order valence-corrected chi connectivity index (χ3v) is 10.2. The van der Waals surface area contributed by atoms with Crippen molar-refractivity contribution in [2.45, 2.75) is 101 Å². The topological polar surface area (TPSA) is 52.6 Å². The quantitative estimate of drug-likeness (QED) is 0.333. The molecule has 2 fully saturated rings. The molecule has 0 N–H and O–H groups in total. The van der Waals surface area contributed by atoms with Crippen molar-refractivity contribution in [3.8, 4) is 0 Å². The van der Waals surface area contributed by atoms with Gasteiger partial charge in [-0.05, 0) is 83.7 Å². The Bertz CT molecular complexity index is 828. The van der Waals surface area contributed by atoms with E-state index in [-0.39, 0.29) is 35.5 Å². The highest BCUT2D eigenvalue weighted by Crippen LogP contribution is 2.80. The van der Waals surface area contributed by atoms with Gasteiger partial charge in [0.2, 0.25) is 0 Å². The van der Waals surface area contributed by atoms with Crippen molar-refractivity contribution in [2.24, 2.45) is 51.8 Å². The van der Waals surface area contributed by atoms with Gasteiger partial charge < -0.3 is 9.47 Å². The molecule has 0 amide bonds. The van der Waals surface area contributed by atoms with E-state index in [0.29, 0.717) is 29.6 Å². The Labute approximate surface area is 201 Å². The van der Waals surface area contributed by atoms with Crippen molar-refractivity contribution in [3.63, 3.8) is 0 Å². The summed E-state index contributed by atoms with van der Waals surface area (Å²) in [6.07, 6.45) is 5.60. The Hall–Kier alpha value is -1.32. The molecule has 5 atom stereocenters. The molecule has 0 aromatic carbocycles. The second-order valence-electron chi connectivity index (χ2n) is 13.6. The first kappa shape index (κ1) is 24.8. The summed E-state index contributed by atoms with van der Waals surface area (Å²) >= 11 is 0. The van der Waals surface area contributed by atoms with Gasteiger partial charge in [-0.2, -0.15) is 0 Å². The average Bonchev–Trinajstić information content (AvgIpc) is 3.59. The van der Waals surface area contributed by atoms with Crippen LogP contribution in [0.1, 0.15) is 94.4 Å². The maximum Gasteiger partial charge on any atom is 0.344 e. The van der Waals surface area contributed by atoms with Crippen LogP contribution < -0.4 is 0 Å². The van der Waals surface area contributed by atoms with Gasteiger partial charge in [0.25, 0.3) is 0 Å². The van der Waals surface area contributed by atoms with Crippen molar-refractivity contribution >= 4 is 11.9 Å². The molecule has 0 aromatic heterocycles. The minimum atomic E-state index is -0.558. The Morgan fingerprint density at radius 1 is 1.03 bits per heavy atom. The lowest BCUT2D eigenvalue weighted by atomic mass is 9.61. The molecule has 2 saturated carbocycles. The molecule has 4 aliphatic carbocycles. The first-order chi connectivity index (χ1) is 15.2. The number of fused-ring (bicyclic) bond motifs is 2. The monoisotopic (exact) mass is 458 g/mol. The van der Waals surface area contributed by atoms with Gasteiger partial charge in [0, 0.05) is 5.92 Å². The van der Waals surface area contributed by atoms with Crippen molar-refractivity contribution in [3.05, 3.63) is 11.1 Å². The molecular formula is C29H46O4. The molecule has 2 bridgehead atoms. The first-order valence-corrected chi connectivity index (χ1v) is 13.3. The zero-order chi connectivity index (χ0) is 24.5. The summed E-state index contributed by atoms with van der Waals surface area (Å²) in [6.45, 7) is 20.0. The lowest BCUT2D eigenvalue weighted by Gasteiger charge is -2.45. The van der Waals surface area contributed by atoms with E-state index in [1.54, 1.807) is 0 Å². The van der Waals surface area contributed by atoms with E-state index in [0.717, 1.165) is 18.8 Å². The minimum Gasteiger partial charge on any atom is -0.460 e. The highest BCUT2D eigenvalue weighted by Gasteiger charge is 2.78. The summed E-state index contributed by atoms with van der Waals surface area (Å²) in [5.41, 5.74) is 1.98. The number of ether oxygens (including phenoxy) is 2. The zero-order valence-electron chi connectivity index (χ0n) is 22.4. The van der Waals surface area contributed by atoms with E-state index < -0.39 is 5.41 Å². The SMILES string of the molecule is CC1C2=C1C2(C(=O)OCC(=O)OC1CC2CC(C(C)C)CC(C)(C(C)C)C(C2)C1)C(C)(C)C. The average molecular weight is 459 g/mol. The fourth-order valence-electron chi connectivity index (χ4n) is 7.68. The number of rotatable bonds is 6. The van der Waals surface area contributed by atoms with Crippen LogP contribution in [0.2, 0.25) is 0 Å². The number of carbonyl (C=O) groups is 2. The second-order valence-corrected chi connectivity index (χ2v) is 13.6. The predicted molar refractivity (Wildman–Crippen MR) is 130 cm³/mol. The summed E-state index contributed by atoms with van der Waals surface area (Å²) in [5.74, 6) is 3.02. The molecule has 5 unspecified atom stereocenters. The van der Waals surface area contributed by atoms with E-state index in [2.05, 4.69) is 62.3 Å². The molecule has 4 heteroatoms. The Morgan fingerprint density at radius 2 is 1.67 bits per heavy atom. The van der Waals surface area contributed by atoms with Crippen molar-refractivity contribution < 1.29 is 19.1 Å². The van der Waals surface area contributed by atoms with Crippen LogP contribution >= 0.6 is 0 Å². The van der Waals surface area contributed by atoms with E-state index >= 15 is 0 Å². The highest BCUT2D eigenvalue weighted by atomic mass is 16.6. The van der Waals surface area contributed by atoms with E-state index in [1.165, 1.54) is 30.4 Å². The number of esters is 2. The second kappa shape index (κ2) is 8.12. The van der Waals surface area contributed by atoms with Gasteiger partial charge in [-0.25, -0.2) is 4.79 Å². The van der Waals surface area contributed by atoms with Gasteiger partial charge in [0.1, 0.15) is 11.5 Å². The first-order valence-electron chi connectivity index (χ1n) is 13.3. The molecule has 0 radical (unpaired) electrons. The molecule has 186 valence electrons. The normalized spacial score (nSPS) is 35.2. The van der Waals surface area contributed by atoms with Crippen molar-refractivity contribution in [2.75, 3.05) is 6.61 Å². The summed E-state index contributed by atoms with van der Waals surface area (Å²) in [7, 11) is 0. The van der Waals surface area contributed by atoms with Gasteiger partial charge in [-0.15, -0.1) is 0 Å². The van der Waals surface area contributed by atoms with E-state index in [4.69, 9.17) is 9.47 Å². The molecule has 0 spiro atoms. The Morgan fingerprint density at radius 3 is 2.18 bits per heavy atom. The molecule has 0 heterocycles. The maximum atomic E-state index is 13.0. The Kier molecular flexibility index (Phi) is 6.10. The molecule has 0 aliphatic heterocycles. The van der Waals surface area contributed by atoms with E-state index in [9.17, 15) is 9.59 Å². The van der Waals surface area contributed by atoms with Crippen LogP contribution in [-0.4, -0.2) is 24.6 Å². The zero-order valence-corrected chi connectivity index (χ0v) is 22.4. The molecule has 0 aromatic rings. The molecule has 4 rings (SSSR count). The van der Waals surface area contributed by atoms with Crippen LogP contribution in [0.5, 0.6) is 0 Å². The van der Waals surface area contributed by atoms with Gasteiger partial charge in [0.15, 0.2) is 6.61 Å². The Balaban J connectivity index is 1.36. The maximum absolute atomic E-state index is 13.0. The lowest BCUT2D eigenvalue weighted by Crippen LogP contribution is -2.43. The van der Waals surface area contributed by atoms with Crippen molar-refractivity contribution in [1.82, 2.24) is 0 Å². The minimum absolute atomic E-state index is 0.0568. The third-order valence-electron chi connectivity index (χ3n) is 10.2. The van der Waals surface area contributed by atoms with E-state index in [1.807, 2.05) is 0 Å². The lowest BCUT2D eigenvalue weighted by molar-refractivity contribution is -0.170. The molecule has 4 nitrogen and oxygen atoms in total. The van der Waals surface area contributed by atoms with Gasteiger partial charge in [-0.1, -0.05) is 62.3 Å². The van der Waals surface area contributed by atoms with Crippen LogP contribution in [0.15, 0.2) is 11.1 Å². The van der Waals surface area contributed by atoms with Gasteiger partial charge in [0.05, 0.1) is 0 Å². The molecule has 4 aliphatic rings. The standard InChI is InChI=1S/C29H46O4/c1-16(2)20-10-19-11-21(28(9,14-20)17(3)4)13-22(12-19)33-23(30)15-32-26(31)29(27(6,7)8)24-18(5)25(24)29/h16-22H,10-15H2,1-9H3. The van der Waals surface area contributed by atoms with Crippen LogP contribution in [0.25, 0.3) is 0 Å². The number of carbonyl (C=O) groups excluding carboxylic acids is 2. The molecular weight excluding hydrogens is 412 g/mol. The summed E-state index contributed by atoms with van der Waals surface area (Å²) in [4.78, 5) is 25.7. The largest absolute Gasteiger partial charge is 0.460 e. The number of hydrogen-bond acceptors (Lipinski definition) is 4. The van der Waals surface area contributed by atoms with Gasteiger partial charge >= 0.3 is 11.9 Å². The van der Waals surface area contributed by atoms with Crippen LogP contribution in [0, 0.1) is 51.8 Å². The smallest absolute Gasteiger partial charge is 0.344 e. The molecule has 0 saturated heterocycles. The fourth-order valence-corrected chi connectivity index (χ4v) is 7.68. The highest BCUT2D eigenvalue weighted by molar-refractivity contribution is 6.00.